The molecular weight excluding hydrogens is 244 g/mol. The van der Waals surface area contributed by atoms with E-state index in [0.717, 1.165) is 38.4 Å². The monoisotopic (exact) mass is 262 g/mol. The maximum atomic E-state index is 4.59. The van der Waals surface area contributed by atoms with Crippen LogP contribution in [0.3, 0.4) is 0 Å². The van der Waals surface area contributed by atoms with E-state index >= 15 is 0 Å². The second-order valence-electron chi connectivity index (χ2n) is 4.26. The van der Waals surface area contributed by atoms with E-state index in [9.17, 15) is 0 Å². The SMILES string of the molecule is S=C=Nc1ccc(C2CNCCNCCN2)cc1. The van der Waals surface area contributed by atoms with Gasteiger partial charge in [0.1, 0.15) is 0 Å². The Balaban J connectivity index is 2.05. The third-order valence-electron chi connectivity index (χ3n) is 2.99. The first kappa shape index (κ1) is 13.3. The topological polar surface area (TPSA) is 48.5 Å². The van der Waals surface area contributed by atoms with Gasteiger partial charge in [-0.3, -0.25) is 0 Å². The summed E-state index contributed by atoms with van der Waals surface area (Å²) in [7, 11) is 0. The summed E-state index contributed by atoms with van der Waals surface area (Å²) < 4.78 is 0. The first-order valence-electron chi connectivity index (χ1n) is 6.23. The van der Waals surface area contributed by atoms with Gasteiger partial charge in [-0.15, -0.1) is 0 Å². The van der Waals surface area contributed by atoms with Gasteiger partial charge in [0.25, 0.3) is 0 Å². The summed E-state index contributed by atoms with van der Waals surface area (Å²) in [6.45, 7) is 4.96. The molecule has 1 unspecified atom stereocenters. The van der Waals surface area contributed by atoms with E-state index in [1.54, 1.807) is 0 Å². The Hall–Kier alpha value is -1.10. The van der Waals surface area contributed by atoms with Crippen LogP contribution in [0, 0.1) is 0 Å². The molecule has 1 aromatic rings. The van der Waals surface area contributed by atoms with Crippen LogP contribution in [0.4, 0.5) is 5.69 Å². The molecule has 4 nitrogen and oxygen atoms in total. The van der Waals surface area contributed by atoms with Crippen molar-refractivity contribution < 1.29 is 0 Å². The molecule has 0 aromatic heterocycles. The predicted octanol–water partition coefficient (Wildman–Crippen LogP) is 1.24. The van der Waals surface area contributed by atoms with Gasteiger partial charge in [0.05, 0.1) is 10.8 Å². The van der Waals surface area contributed by atoms with Crippen molar-refractivity contribution in [2.75, 3.05) is 32.7 Å². The van der Waals surface area contributed by atoms with Crippen LogP contribution >= 0.6 is 12.2 Å². The van der Waals surface area contributed by atoms with Crippen molar-refractivity contribution in [3.63, 3.8) is 0 Å². The van der Waals surface area contributed by atoms with E-state index in [2.05, 4.69) is 50.5 Å². The van der Waals surface area contributed by atoms with Gasteiger partial charge >= 0.3 is 0 Å². The van der Waals surface area contributed by atoms with Gasteiger partial charge in [0.2, 0.25) is 0 Å². The van der Waals surface area contributed by atoms with Crippen molar-refractivity contribution in [1.29, 1.82) is 0 Å². The minimum atomic E-state index is 0.343. The maximum absolute atomic E-state index is 4.59. The molecule has 0 aliphatic carbocycles. The molecule has 96 valence electrons. The summed E-state index contributed by atoms with van der Waals surface area (Å²) in [6, 6.07) is 8.48. The Labute approximate surface area is 113 Å². The minimum absolute atomic E-state index is 0.343. The lowest BCUT2D eigenvalue weighted by molar-refractivity contribution is 0.514. The normalized spacial score (nSPS) is 21.2. The number of nitrogens with one attached hydrogen (secondary N) is 3. The average molecular weight is 262 g/mol. The molecule has 1 fully saturated rings. The van der Waals surface area contributed by atoms with Crippen LogP contribution in [0.1, 0.15) is 11.6 Å². The number of hydrogen-bond acceptors (Lipinski definition) is 5. The molecule has 1 aliphatic rings. The molecule has 3 N–H and O–H groups in total. The van der Waals surface area contributed by atoms with Crippen molar-refractivity contribution in [2.24, 2.45) is 4.99 Å². The number of aliphatic imine (C=N–C) groups is 1. The Morgan fingerprint density at radius 3 is 2.56 bits per heavy atom. The number of benzene rings is 1. The molecule has 0 bridgehead atoms. The van der Waals surface area contributed by atoms with Gasteiger partial charge in [-0.1, -0.05) is 12.1 Å². The molecule has 2 rings (SSSR count). The van der Waals surface area contributed by atoms with Crippen LogP contribution in [0.15, 0.2) is 29.3 Å². The summed E-state index contributed by atoms with van der Waals surface area (Å²) in [5.74, 6) is 0. The van der Waals surface area contributed by atoms with Gasteiger partial charge in [-0.05, 0) is 29.9 Å². The zero-order chi connectivity index (χ0) is 12.6. The molecule has 0 saturated carbocycles. The minimum Gasteiger partial charge on any atom is -0.314 e. The molecule has 1 atom stereocenters. The summed E-state index contributed by atoms with van der Waals surface area (Å²) in [4.78, 5) is 3.96. The fraction of sp³-hybridized carbons (Fsp3) is 0.462. The molecule has 0 spiro atoms. The van der Waals surface area contributed by atoms with Gasteiger partial charge < -0.3 is 16.0 Å². The van der Waals surface area contributed by atoms with Crippen LogP contribution in [0.5, 0.6) is 0 Å². The Morgan fingerprint density at radius 1 is 1.06 bits per heavy atom. The molecule has 18 heavy (non-hydrogen) atoms. The fourth-order valence-corrected chi connectivity index (χ4v) is 2.13. The van der Waals surface area contributed by atoms with Crippen LogP contribution in [0.25, 0.3) is 0 Å². The molecule has 1 saturated heterocycles. The fourth-order valence-electron chi connectivity index (χ4n) is 2.02. The van der Waals surface area contributed by atoms with E-state index < -0.39 is 0 Å². The van der Waals surface area contributed by atoms with Crippen LogP contribution in [-0.4, -0.2) is 37.9 Å². The van der Waals surface area contributed by atoms with Crippen molar-refractivity contribution in [3.8, 4) is 0 Å². The number of isothiocyanates is 1. The lowest BCUT2D eigenvalue weighted by Crippen LogP contribution is -2.32. The number of nitrogens with zero attached hydrogens (tertiary/aromatic N) is 1. The standard InChI is InChI=1S/C13H18N4S/c18-10-17-12-3-1-11(2-4-12)13-9-15-6-5-14-7-8-16-13/h1-4,13-16H,5-9H2. The summed E-state index contributed by atoms with van der Waals surface area (Å²) >= 11 is 4.59. The summed E-state index contributed by atoms with van der Waals surface area (Å²) in [6.07, 6.45) is 0. The van der Waals surface area contributed by atoms with Gasteiger partial charge in [-0.25, -0.2) is 0 Å². The second-order valence-corrected chi connectivity index (χ2v) is 4.44. The number of hydrogen-bond donors (Lipinski definition) is 3. The highest BCUT2D eigenvalue weighted by atomic mass is 32.1. The van der Waals surface area contributed by atoms with Crippen LogP contribution in [0.2, 0.25) is 0 Å². The zero-order valence-electron chi connectivity index (χ0n) is 10.3. The zero-order valence-corrected chi connectivity index (χ0v) is 11.1. The second kappa shape index (κ2) is 7.36. The highest BCUT2D eigenvalue weighted by molar-refractivity contribution is 7.78. The van der Waals surface area contributed by atoms with E-state index in [4.69, 9.17) is 0 Å². The van der Waals surface area contributed by atoms with Gasteiger partial charge in [-0.2, -0.15) is 4.99 Å². The molecule has 1 heterocycles. The third kappa shape index (κ3) is 3.98. The molecular formula is C13H18N4S. The first-order valence-corrected chi connectivity index (χ1v) is 6.63. The van der Waals surface area contributed by atoms with E-state index in [0.29, 0.717) is 6.04 Å². The van der Waals surface area contributed by atoms with Crippen molar-refractivity contribution in [3.05, 3.63) is 29.8 Å². The lowest BCUT2D eigenvalue weighted by atomic mass is 10.1. The van der Waals surface area contributed by atoms with Crippen molar-refractivity contribution in [1.82, 2.24) is 16.0 Å². The average Bonchev–Trinajstić information content (AvgIpc) is 2.53. The number of rotatable bonds is 2. The van der Waals surface area contributed by atoms with Gasteiger partial charge in [0.15, 0.2) is 0 Å². The van der Waals surface area contributed by atoms with Crippen molar-refractivity contribution >= 4 is 23.1 Å². The van der Waals surface area contributed by atoms with E-state index in [-0.39, 0.29) is 0 Å². The van der Waals surface area contributed by atoms with Crippen LogP contribution < -0.4 is 16.0 Å². The highest BCUT2D eigenvalue weighted by Crippen LogP contribution is 2.17. The highest BCUT2D eigenvalue weighted by Gasteiger charge is 2.11. The Bertz CT molecular complexity index is 402. The van der Waals surface area contributed by atoms with E-state index in [1.165, 1.54) is 5.56 Å². The van der Waals surface area contributed by atoms with Gasteiger partial charge in [0, 0.05) is 38.8 Å². The van der Waals surface area contributed by atoms with E-state index in [1.807, 2.05) is 12.1 Å². The largest absolute Gasteiger partial charge is 0.314 e. The third-order valence-corrected chi connectivity index (χ3v) is 3.08. The first-order chi connectivity index (χ1) is 8.90. The summed E-state index contributed by atoms with van der Waals surface area (Å²) in [5.41, 5.74) is 2.12. The Kier molecular flexibility index (Phi) is 5.45. The molecule has 1 aromatic carbocycles. The molecule has 1 aliphatic heterocycles. The number of thiocarbonyl (C=S) groups is 1. The predicted molar refractivity (Wildman–Crippen MR) is 77.6 cm³/mol. The maximum Gasteiger partial charge on any atom is 0.0739 e. The molecule has 0 radical (unpaired) electrons. The molecule has 0 amide bonds. The Morgan fingerprint density at radius 2 is 1.78 bits per heavy atom. The van der Waals surface area contributed by atoms with Crippen molar-refractivity contribution in [2.45, 2.75) is 6.04 Å². The van der Waals surface area contributed by atoms with Crippen LogP contribution in [-0.2, 0) is 0 Å². The lowest BCUT2D eigenvalue weighted by Gasteiger charge is -2.18. The quantitative estimate of drug-likeness (QED) is 0.554. The summed E-state index contributed by atoms with van der Waals surface area (Å²) in [5, 5.41) is 12.7. The smallest absolute Gasteiger partial charge is 0.0739 e. The molecule has 5 heteroatoms.